The first-order valence-corrected chi connectivity index (χ1v) is 7.63. The van der Waals surface area contributed by atoms with Crippen LogP contribution in [0.15, 0.2) is 48.8 Å². The fourth-order valence-electron chi connectivity index (χ4n) is 2.78. The summed E-state index contributed by atoms with van der Waals surface area (Å²) in [6, 6.07) is 13.1. The van der Waals surface area contributed by atoms with Crippen LogP contribution in [0.5, 0.6) is 5.88 Å². The molecule has 0 saturated carbocycles. The SMILES string of the molecule is N#Cc1ccc(OC2CN(C(=O)c3c[nH]c4ccccc34)C2)nc1. The van der Waals surface area contributed by atoms with Gasteiger partial charge in [0.25, 0.3) is 5.91 Å². The molecule has 0 atom stereocenters. The predicted octanol–water partition coefficient (Wildman–Crippen LogP) is 2.34. The Morgan fingerprint density at radius 3 is 2.88 bits per heavy atom. The number of H-pyrrole nitrogens is 1. The van der Waals surface area contributed by atoms with E-state index in [1.54, 1.807) is 23.2 Å². The molecule has 0 bridgehead atoms. The second-order valence-corrected chi connectivity index (χ2v) is 5.69. The molecule has 1 aliphatic heterocycles. The summed E-state index contributed by atoms with van der Waals surface area (Å²) in [6.07, 6.45) is 3.16. The van der Waals surface area contributed by atoms with Gasteiger partial charge in [-0.05, 0) is 12.1 Å². The summed E-state index contributed by atoms with van der Waals surface area (Å²) in [6.45, 7) is 1.06. The Bertz CT molecular complexity index is 934. The van der Waals surface area contributed by atoms with Crippen LogP contribution in [0.4, 0.5) is 0 Å². The molecule has 1 amide bonds. The number of pyridine rings is 1. The topological polar surface area (TPSA) is 82.0 Å². The van der Waals surface area contributed by atoms with Crippen LogP contribution in [0.2, 0.25) is 0 Å². The first kappa shape index (κ1) is 14.3. The van der Waals surface area contributed by atoms with E-state index >= 15 is 0 Å². The van der Waals surface area contributed by atoms with Crippen molar-refractivity contribution in [3.05, 3.63) is 59.9 Å². The van der Waals surface area contributed by atoms with Crippen molar-refractivity contribution in [1.82, 2.24) is 14.9 Å². The largest absolute Gasteiger partial charge is 0.471 e. The number of ether oxygens (including phenoxy) is 1. The Kier molecular flexibility index (Phi) is 3.39. The van der Waals surface area contributed by atoms with Crippen LogP contribution in [-0.2, 0) is 0 Å². The number of aromatic amines is 1. The summed E-state index contributed by atoms with van der Waals surface area (Å²) >= 11 is 0. The maximum Gasteiger partial charge on any atom is 0.256 e. The van der Waals surface area contributed by atoms with Gasteiger partial charge >= 0.3 is 0 Å². The second kappa shape index (κ2) is 5.70. The molecule has 24 heavy (non-hydrogen) atoms. The van der Waals surface area contributed by atoms with E-state index in [1.165, 1.54) is 6.20 Å². The van der Waals surface area contributed by atoms with Crippen molar-refractivity contribution in [2.24, 2.45) is 0 Å². The Hall–Kier alpha value is -3.33. The van der Waals surface area contributed by atoms with E-state index in [1.807, 2.05) is 30.3 Å². The third-order valence-corrected chi connectivity index (χ3v) is 4.11. The van der Waals surface area contributed by atoms with Gasteiger partial charge in [-0.3, -0.25) is 4.79 Å². The Balaban J connectivity index is 1.40. The van der Waals surface area contributed by atoms with Crippen molar-refractivity contribution in [3.8, 4) is 11.9 Å². The van der Waals surface area contributed by atoms with Crippen molar-refractivity contribution in [1.29, 1.82) is 5.26 Å². The molecule has 0 spiro atoms. The molecule has 118 valence electrons. The van der Waals surface area contributed by atoms with Crippen molar-refractivity contribution >= 4 is 16.8 Å². The van der Waals surface area contributed by atoms with Gasteiger partial charge in [0.1, 0.15) is 12.2 Å². The summed E-state index contributed by atoms with van der Waals surface area (Å²) in [5, 5.41) is 9.68. The van der Waals surface area contributed by atoms with Gasteiger partial charge in [-0.25, -0.2) is 4.98 Å². The van der Waals surface area contributed by atoms with Gasteiger partial charge in [-0.1, -0.05) is 18.2 Å². The fourth-order valence-corrected chi connectivity index (χ4v) is 2.78. The number of nitrogens with one attached hydrogen (secondary N) is 1. The molecule has 1 fully saturated rings. The maximum absolute atomic E-state index is 12.6. The van der Waals surface area contributed by atoms with Crippen LogP contribution >= 0.6 is 0 Å². The minimum atomic E-state index is -0.0698. The summed E-state index contributed by atoms with van der Waals surface area (Å²) < 4.78 is 5.71. The lowest BCUT2D eigenvalue weighted by Gasteiger charge is -2.38. The lowest BCUT2D eigenvalue weighted by molar-refractivity contribution is 0.0161. The zero-order valence-corrected chi connectivity index (χ0v) is 12.8. The van der Waals surface area contributed by atoms with Gasteiger partial charge in [0, 0.05) is 29.4 Å². The number of nitrogens with zero attached hydrogens (tertiary/aromatic N) is 3. The van der Waals surface area contributed by atoms with Crippen molar-refractivity contribution < 1.29 is 9.53 Å². The molecule has 0 unspecified atom stereocenters. The number of amides is 1. The number of hydrogen-bond donors (Lipinski definition) is 1. The van der Waals surface area contributed by atoms with Gasteiger partial charge in [0.05, 0.1) is 24.2 Å². The van der Waals surface area contributed by atoms with Crippen molar-refractivity contribution in [3.63, 3.8) is 0 Å². The molecule has 1 aromatic carbocycles. The molecule has 1 N–H and O–H groups in total. The molecule has 3 heterocycles. The minimum absolute atomic E-state index is 0.0000811. The molecule has 3 aromatic rings. The number of para-hydroxylation sites is 1. The molecule has 4 rings (SSSR count). The number of rotatable bonds is 3. The van der Waals surface area contributed by atoms with Crippen molar-refractivity contribution in [2.45, 2.75) is 6.10 Å². The third kappa shape index (κ3) is 2.46. The van der Waals surface area contributed by atoms with Crippen LogP contribution in [-0.4, -0.2) is 40.0 Å². The number of likely N-dealkylation sites (tertiary alicyclic amines) is 1. The van der Waals surface area contributed by atoms with Gasteiger partial charge in [-0.2, -0.15) is 5.26 Å². The van der Waals surface area contributed by atoms with Gasteiger partial charge in [-0.15, -0.1) is 0 Å². The molecular weight excluding hydrogens is 304 g/mol. The monoisotopic (exact) mass is 318 g/mol. The van der Waals surface area contributed by atoms with E-state index in [0.29, 0.717) is 30.1 Å². The van der Waals surface area contributed by atoms with Gasteiger partial charge < -0.3 is 14.6 Å². The highest BCUT2D eigenvalue weighted by atomic mass is 16.5. The summed E-state index contributed by atoms with van der Waals surface area (Å²) in [5.74, 6) is 0.471. The number of hydrogen-bond acceptors (Lipinski definition) is 4. The molecule has 0 aliphatic carbocycles. The highest BCUT2D eigenvalue weighted by Gasteiger charge is 2.33. The molecule has 1 saturated heterocycles. The highest BCUT2D eigenvalue weighted by Crippen LogP contribution is 2.23. The molecule has 6 heteroatoms. The summed E-state index contributed by atoms with van der Waals surface area (Å²) in [4.78, 5) is 21.5. The Morgan fingerprint density at radius 1 is 1.29 bits per heavy atom. The van der Waals surface area contributed by atoms with Gasteiger partial charge in [0.15, 0.2) is 0 Å². The fraction of sp³-hybridized carbons (Fsp3) is 0.167. The van der Waals surface area contributed by atoms with E-state index < -0.39 is 0 Å². The summed E-state index contributed by atoms with van der Waals surface area (Å²) in [5.41, 5.74) is 2.13. The van der Waals surface area contributed by atoms with Crippen molar-refractivity contribution in [2.75, 3.05) is 13.1 Å². The van der Waals surface area contributed by atoms with Crippen LogP contribution in [0.1, 0.15) is 15.9 Å². The molecule has 6 nitrogen and oxygen atoms in total. The number of fused-ring (bicyclic) bond motifs is 1. The maximum atomic E-state index is 12.6. The average Bonchev–Trinajstić information content (AvgIpc) is 3.02. The molecular formula is C18H14N4O2. The quantitative estimate of drug-likeness (QED) is 0.803. The number of benzene rings is 1. The summed E-state index contributed by atoms with van der Waals surface area (Å²) in [7, 11) is 0. The zero-order chi connectivity index (χ0) is 16.5. The lowest BCUT2D eigenvalue weighted by Crippen LogP contribution is -2.56. The Labute approximate surface area is 138 Å². The number of carbonyl (C=O) groups is 1. The van der Waals surface area contributed by atoms with E-state index in [2.05, 4.69) is 9.97 Å². The van der Waals surface area contributed by atoms with E-state index in [-0.39, 0.29) is 12.0 Å². The average molecular weight is 318 g/mol. The first-order chi connectivity index (χ1) is 11.7. The van der Waals surface area contributed by atoms with Crippen LogP contribution in [0.25, 0.3) is 10.9 Å². The normalized spacial score (nSPS) is 14.2. The van der Waals surface area contributed by atoms with E-state index in [4.69, 9.17) is 10.00 Å². The first-order valence-electron chi connectivity index (χ1n) is 7.63. The minimum Gasteiger partial charge on any atom is -0.471 e. The standard InChI is InChI=1S/C18H14N4O2/c19-7-12-5-6-17(21-8-12)24-13-10-22(11-13)18(23)15-9-20-16-4-2-1-3-14(15)16/h1-6,8-9,13,20H,10-11H2. The smallest absolute Gasteiger partial charge is 0.256 e. The van der Waals surface area contributed by atoms with Gasteiger partial charge in [0.2, 0.25) is 5.88 Å². The lowest BCUT2D eigenvalue weighted by atomic mass is 10.1. The highest BCUT2D eigenvalue weighted by molar-refractivity contribution is 6.06. The molecule has 0 radical (unpaired) electrons. The van der Waals surface area contributed by atoms with Crippen LogP contribution < -0.4 is 4.74 Å². The second-order valence-electron chi connectivity index (χ2n) is 5.69. The zero-order valence-electron chi connectivity index (χ0n) is 12.8. The Morgan fingerprint density at radius 2 is 2.12 bits per heavy atom. The number of carbonyl (C=O) groups excluding carboxylic acids is 1. The van der Waals surface area contributed by atoms with E-state index in [0.717, 1.165) is 10.9 Å². The molecule has 2 aromatic heterocycles. The number of nitriles is 1. The van der Waals surface area contributed by atoms with Crippen LogP contribution in [0.3, 0.4) is 0 Å². The third-order valence-electron chi connectivity index (χ3n) is 4.11. The predicted molar refractivity (Wildman–Crippen MR) is 87.6 cm³/mol. The number of aromatic nitrogens is 2. The van der Waals surface area contributed by atoms with E-state index in [9.17, 15) is 4.79 Å². The molecule has 1 aliphatic rings. The van der Waals surface area contributed by atoms with Crippen LogP contribution in [0, 0.1) is 11.3 Å².